The maximum Gasteiger partial charge on any atom is 0.287 e. The number of amides is 1. The molecule has 1 atom stereocenters. The predicted octanol–water partition coefficient (Wildman–Crippen LogP) is 1.68. The summed E-state index contributed by atoms with van der Waals surface area (Å²) in [6.45, 7) is 0.393. The van der Waals surface area contributed by atoms with Crippen molar-refractivity contribution in [1.29, 1.82) is 0 Å². The van der Waals surface area contributed by atoms with Crippen molar-refractivity contribution in [3.8, 4) is 0 Å². The van der Waals surface area contributed by atoms with Crippen molar-refractivity contribution in [2.75, 3.05) is 6.54 Å². The van der Waals surface area contributed by atoms with Crippen LogP contribution in [0.1, 0.15) is 23.3 Å². The SMILES string of the molecule is Cn1cc([N+](=O)[O-])cc1C(=O)NCC(Cl)C1CC1. The lowest BCUT2D eigenvalue weighted by atomic mass is 10.3. The summed E-state index contributed by atoms with van der Waals surface area (Å²) < 4.78 is 1.44. The Balaban J connectivity index is 1.97. The van der Waals surface area contributed by atoms with Crippen LogP contribution in [0.5, 0.6) is 0 Å². The van der Waals surface area contributed by atoms with Gasteiger partial charge < -0.3 is 9.88 Å². The third-order valence-corrected chi connectivity index (χ3v) is 3.54. The molecule has 1 amide bonds. The first-order valence-corrected chi connectivity index (χ1v) is 6.15. The first kappa shape index (κ1) is 12.9. The van der Waals surface area contributed by atoms with E-state index >= 15 is 0 Å². The first-order chi connectivity index (χ1) is 8.49. The second kappa shape index (κ2) is 4.97. The number of carbonyl (C=O) groups excluding carboxylic acids is 1. The molecule has 1 aromatic heterocycles. The summed E-state index contributed by atoms with van der Waals surface area (Å²) in [6.07, 6.45) is 3.54. The highest BCUT2D eigenvalue weighted by Gasteiger charge is 2.30. The summed E-state index contributed by atoms with van der Waals surface area (Å²) in [5, 5.41) is 13.2. The van der Waals surface area contributed by atoms with Crippen LogP contribution in [0.25, 0.3) is 0 Å². The van der Waals surface area contributed by atoms with Gasteiger partial charge in [0.05, 0.1) is 16.5 Å². The Labute approximate surface area is 109 Å². The lowest BCUT2D eigenvalue weighted by Crippen LogP contribution is -2.31. The molecule has 1 aromatic rings. The van der Waals surface area contributed by atoms with Crippen LogP contribution in [0.3, 0.4) is 0 Å². The third kappa shape index (κ3) is 2.81. The molecule has 98 valence electrons. The van der Waals surface area contributed by atoms with Gasteiger partial charge in [-0.25, -0.2) is 0 Å². The van der Waals surface area contributed by atoms with Crippen molar-refractivity contribution < 1.29 is 9.72 Å². The molecule has 1 fully saturated rings. The van der Waals surface area contributed by atoms with E-state index in [-0.39, 0.29) is 22.7 Å². The second-order valence-corrected chi connectivity index (χ2v) is 5.08. The summed E-state index contributed by atoms with van der Waals surface area (Å²) >= 11 is 6.08. The molecule has 0 aliphatic heterocycles. The van der Waals surface area contributed by atoms with Crippen LogP contribution in [0, 0.1) is 16.0 Å². The van der Waals surface area contributed by atoms with Crippen LogP contribution >= 0.6 is 11.6 Å². The molecule has 0 bridgehead atoms. The number of hydrogen-bond acceptors (Lipinski definition) is 3. The monoisotopic (exact) mass is 271 g/mol. The second-order valence-electron chi connectivity index (χ2n) is 4.52. The zero-order chi connectivity index (χ0) is 13.3. The van der Waals surface area contributed by atoms with Gasteiger partial charge in [-0.05, 0) is 18.8 Å². The Hall–Kier alpha value is -1.56. The fourth-order valence-electron chi connectivity index (χ4n) is 1.78. The van der Waals surface area contributed by atoms with Crippen LogP contribution in [-0.4, -0.2) is 27.3 Å². The average Bonchev–Trinajstić information content (AvgIpc) is 3.08. The quantitative estimate of drug-likeness (QED) is 0.503. The lowest BCUT2D eigenvalue weighted by Gasteiger charge is -2.09. The summed E-state index contributed by atoms with van der Waals surface area (Å²) in [5.41, 5.74) is 0.175. The van der Waals surface area contributed by atoms with Crippen LogP contribution < -0.4 is 5.32 Å². The number of aryl methyl sites for hydroxylation is 1. The molecule has 7 heteroatoms. The van der Waals surface area contributed by atoms with Crippen molar-refractivity contribution in [2.45, 2.75) is 18.2 Å². The lowest BCUT2D eigenvalue weighted by molar-refractivity contribution is -0.384. The Morgan fingerprint density at radius 2 is 2.39 bits per heavy atom. The number of aromatic nitrogens is 1. The Morgan fingerprint density at radius 1 is 1.72 bits per heavy atom. The molecule has 0 aromatic carbocycles. The number of rotatable bonds is 5. The number of carbonyl (C=O) groups is 1. The van der Waals surface area contributed by atoms with Crippen molar-refractivity contribution in [1.82, 2.24) is 9.88 Å². The fraction of sp³-hybridized carbons (Fsp3) is 0.545. The van der Waals surface area contributed by atoms with Gasteiger partial charge in [0.25, 0.3) is 11.6 Å². The summed E-state index contributed by atoms with van der Waals surface area (Å²) in [5.74, 6) is 0.159. The largest absolute Gasteiger partial charge is 0.349 e. The molecule has 0 radical (unpaired) electrons. The predicted molar refractivity (Wildman–Crippen MR) is 66.8 cm³/mol. The van der Waals surface area contributed by atoms with E-state index in [0.717, 1.165) is 12.8 Å². The molecule has 0 saturated heterocycles. The Morgan fingerprint density at radius 3 is 2.89 bits per heavy atom. The minimum atomic E-state index is -0.522. The summed E-state index contributed by atoms with van der Waals surface area (Å²) in [6, 6.07) is 1.26. The van der Waals surface area contributed by atoms with E-state index in [0.29, 0.717) is 12.5 Å². The number of nitrogens with one attached hydrogen (secondary N) is 1. The van der Waals surface area contributed by atoms with Gasteiger partial charge in [-0.3, -0.25) is 14.9 Å². The van der Waals surface area contributed by atoms with E-state index in [1.807, 2.05) is 0 Å². The zero-order valence-electron chi connectivity index (χ0n) is 9.93. The number of halogens is 1. The number of hydrogen-bond donors (Lipinski definition) is 1. The molecule has 1 saturated carbocycles. The third-order valence-electron chi connectivity index (χ3n) is 3.03. The molecule has 1 heterocycles. The maximum absolute atomic E-state index is 11.8. The molecular formula is C11H14ClN3O3. The van der Waals surface area contributed by atoms with E-state index in [9.17, 15) is 14.9 Å². The number of nitrogens with zero attached hydrogens (tertiary/aromatic N) is 2. The van der Waals surface area contributed by atoms with Gasteiger partial charge in [-0.1, -0.05) is 0 Å². The van der Waals surface area contributed by atoms with Crippen molar-refractivity contribution in [2.24, 2.45) is 13.0 Å². The van der Waals surface area contributed by atoms with Crippen molar-refractivity contribution in [3.05, 3.63) is 28.1 Å². The van der Waals surface area contributed by atoms with Crippen molar-refractivity contribution >= 4 is 23.2 Å². The molecule has 1 N–H and O–H groups in total. The van der Waals surface area contributed by atoms with Gasteiger partial charge in [0.1, 0.15) is 5.69 Å². The fourth-order valence-corrected chi connectivity index (χ4v) is 2.11. The van der Waals surface area contributed by atoms with Gasteiger partial charge in [0.2, 0.25) is 0 Å². The number of nitro groups is 1. The zero-order valence-corrected chi connectivity index (χ0v) is 10.7. The Bertz CT molecular complexity index is 482. The summed E-state index contributed by atoms with van der Waals surface area (Å²) in [4.78, 5) is 21.9. The van der Waals surface area contributed by atoms with Gasteiger partial charge in [-0.15, -0.1) is 11.6 Å². The minimum Gasteiger partial charge on any atom is -0.349 e. The standard InChI is InChI=1S/C11H14ClN3O3/c1-14-6-8(15(17)18)4-10(14)11(16)13-5-9(12)7-2-3-7/h4,6-7,9H,2-3,5H2,1H3,(H,13,16). The van der Waals surface area contributed by atoms with E-state index in [1.165, 1.54) is 16.8 Å². The smallest absolute Gasteiger partial charge is 0.287 e. The molecule has 1 unspecified atom stereocenters. The van der Waals surface area contributed by atoms with Gasteiger partial charge in [0.15, 0.2) is 0 Å². The van der Waals surface area contributed by atoms with Gasteiger partial charge >= 0.3 is 0 Å². The molecule has 0 spiro atoms. The average molecular weight is 272 g/mol. The van der Waals surface area contributed by atoms with E-state index < -0.39 is 4.92 Å². The molecule has 1 aliphatic carbocycles. The maximum atomic E-state index is 11.8. The molecular weight excluding hydrogens is 258 g/mol. The van der Waals surface area contributed by atoms with Gasteiger partial charge in [0, 0.05) is 19.7 Å². The molecule has 18 heavy (non-hydrogen) atoms. The van der Waals surface area contributed by atoms with Crippen molar-refractivity contribution in [3.63, 3.8) is 0 Å². The summed E-state index contributed by atoms with van der Waals surface area (Å²) in [7, 11) is 1.60. The van der Waals surface area contributed by atoms with Crippen LogP contribution in [0.4, 0.5) is 5.69 Å². The van der Waals surface area contributed by atoms with E-state index in [1.54, 1.807) is 7.05 Å². The van der Waals surface area contributed by atoms with Gasteiger partial charge in [-0.2, -0.15) is 0 Å². The Kier molecular flexibility index (Phi) is 3.56. The van der Waals surface area contributed by atoms with E-state index in [4.69, 9.17) is 11.6 Å². The molecule has 1 aliphatic rings. The highest BCUT2D eigenvalue weighted by atomic mass is 35.5. The highest BCUT2D eigenvalue weighted by Crippen LogP contribution is 2.35. The van der Waals surface area contributed by atoms with Crippen LogP contribution in [-0.2, 0) is 7.05 Å². The minimum absolute atomic E-state index is 0.0517. The van der Waals surface area contributed by atoms with Crippen LogP contribution in [0.15, 0.2) is 12.3 Å². The topological polar surface area (TPSA) is 77.2 Å². The molecule has 2 rings (SSSR count). The van der Waals surface area contributed by atoms with E-state index in [2.05, 4.69) is 5.32 Å². The molecule has 6 nitrogen and oxygen atoms in total. The van der Waals surface area contributed by atoms with Crippen LogP contribution in [0.2, 0.25) is 0 Å². The highest BCUT2D eigenvalue weighted by molar-refractivity contribution is 6.21. The first-order valence-electron chi connectivity index (χ1n) is 5.72. The number of alkyl halides is 1. The normalized spacial score (nSPS) is 16.3.